The van der Waals surface area contributed by atoms with Gasteiger partial charge >= 0.3 is 0 Å². The van der Waals surface area contributed by atoms with E-state index in [4.69, 9.17) is 0 Å². The van der Waals surface area contributed by atoms with Gasteiger partial charge in [-0.15, -0.1) is 0 Å². The molecule has 0 aliphatic carbocycles. The van der Waals surface area contributed by atoms with Crippen LogP contribution in [0, 0.1) is 19.8 Å². The molecule has 0 saturated heterocycles. The number of imidazole rings is 1. The van der Waals surface area contributed by atoms with Crippen molar-refractivity contribution in [2.75, 3.05) is 17.8 Å². The minimum Gasteiger partial charge on any atom is -0.323 e. The van der Waals surface area contributed by atoms with Gasteiger partial charge in [-0.1, -0.05) is 25.6 Å². The van der Waals surface area contributed by atoms with Crippen molar-refractivity contribution in [3.05, 3.63) is 11.4 Å². The Balaban J connectivity index is 2.79. The van der Waals surface area contributed by atoms with E-state index in [9.17, 15) is 8.42 Å². The third kappa shape index (κ3) is 4.65. The van der Waals surface area contributed by atoms with Gasteiger partial charge in [0.25, 0.3) is 0 Å². The highest BCUT2D eigenvalue weighted by atomic mass is 32.2. The Labute approximate surface area is 114 Å². The summed E-state index contributed by atoms with van der Waals surface area (Å²) in [6.07, 6.45) is 1.27. The summed E-state index contributed by atoms with van der Waals surface area (Å²) in [5, 5.41) is 0.933. The maximum absolute atomic E-state index is 11.1. The number of aromatic nitrogens is 2. The number of thioether (sulfide) groups is 1. The molecular formula is C12H22N2O2S2. The van der Waals surface area contributed by atoms with Crippen LogP contribution in [0.5, 0.6) is 0 Å². The predicted octanol–water partition coefficient (Wildman–Crippen LogP) is 2.29. The molecule has 0 atom stereocenters. The molecule has 0 bridgehead atoms. The fraction of sp³-hybridized carbons (Fsp3) is 0.750. The second kappa shape index (κ2) is 6.10. The topological polar surface area (TPSA) is 52.0 Å². The summed E-state index contributed by atoms with van der Waals surface area (Å²) in [5.41, 5.74) is 2.20. The Morgan fingerprint density at radius 1 is 1.33 bits per heavy atom. The van der Waals surface area contributed by atoms with Crippen LogP contribution in [0.3, 0.4) is 0 Å². The van der Waals surface area contributed by atoms with Crippen LogP contribution in [-0.2, 0) is 16.4 Å². The predicted molar refractivity (Wildman–Crippen MR) is 77.0 cm³/mol. The first-order valence-corrected chi connectivity index (χ1v) is 9.09. The molecule has 0 unspecified atom stereocenters. The van der Waals surface area contributed by atoms with Gasteiger partial charge in [0.1, 0.15) is 9.84 Å². The SMILES string of the molecule is Cc1nc(SCCS(C)(=O)=O)n(CC(C)C)c1C. The monoisotopic (exact) mass is 290 g/mol. The van der Waals surface area contributed by atoms with E-state index in [-0.39, 0.29) is 5.75 Å². The Kier molecular flexibility index (Phi) is 5.28. The maximum atomic E-state index is 11.1. The fourth-order valence-corrected chi connectivity index (χ4v) is 3.89. The minimum atomic E-state index is -2.89. The first-order chi connectivity index (χ1) is 8.20. The van der Waals surface area contributed by atoms with Crippen LogP contribution in [0.4, 0.5) is 0 Å². The molecule has 0 spiro atoms. The molecule has 1 rings (SSSR count). The van der Waals surface area contributed by atoms with E-state index in [1.54, 1.807) is 0 Å². The quantitative estimate of drug-likeness (QED) is 0.754. The molecule has 0 amide bonds. The summed E-state index contributed by atoms with van der Waals surface area (Å²) in [6, 6.07) is 0. The van der Waals surface area contributed by atoms with Crippen LogP contribution < -0.4 is 0 Å². The van der Waals surface area contributed by atoms with Gasteiger partial charge in [-0.05, 0) is 19.8 Å². The molecule has 0 fully saturated rings. The van der Waals surface area contributed by atoms with Crippen LogP contribution in [0.1, 0.15) is 25.2 Å². The van der Waals surface area contributed by atoms with E-state index >= 15 is 0 Å². The van der Waals surface area contributed by atoms with Gasteiger partial charge in [-0.3, -0.25) is 0 Å². The van der Waals surface area contributed by atoms with Crippen molar-refractivity contribution in [3.63, 3.8) is 0 Å². The van der Waals surface area contributed by atoms with Crippen molar-refractivity contribution in [2.45, 2.75) is 39.4 Å². The number of rotatable bonds is 6. The number of hydrogen-bond acceptors (Lipinski definition) is 4. The molecule has 18 heavy (non-hydrogen) atoms. The standard InChI is InChI=1S/C12H22N2O2S2/c1-9(2)8-14-11(4)10(3)13-12(14)17-6-7-18(5,15)16/h9H,6-8H2,1-5H3. The largest absolute Gasteiger partial charge is 0.323 e. The van der Waals surface area contributed by atoms with Gasteiger partial charge in [0, 0.05) is 24.2 Å². The lowest BCUT2D eigenvalue weighted by molar-refractivity contribution is 0.486. The molecule has 0 aromatic carbocycles. The zero-order valence-electron chi connectivity index (χ0n) is 11.7. The van der Waals surface area contributed by atoms with Crippen LogP contribution >= 0.6 is 11.8 Å². The Morgan fingerprint density at radius 3 is 2.44 bits per heavy atom. The van der Waals surface area contributed by atoms with Crippen molar-refractivity contribution in [3.8, 4) is 0 Å². The molecule has 0 N–H and O–H groups in total. The Morgan fingerprint density at radius 2 is 1.94 bits per heavy atom. The van der Waals surface area contributed by atoms with Crippen molar-refractivity contribution >= 4 is 21.6 Å². The molecule has 0 aliphatic rings. The molecule has 1 aromatic heterocycles. The summed E-state index contributed by atoms with van der Waals surface area (Å²) in [4.78, 5) is 4.51. The van der Waals surface area contributed by atoms with Crippen molar-refractivity contribution < 1.29 is 8.42 Å². The molecule has 0 saturated carbocycles. The highest BCUT2D eigenvalue weighted by Crippen LogP contribution is 2.22. The third-order valence-corrected chi connectivity index (χ3v) is 4.84. The number of sulfone groups is 1. The summed E-state index contributed by atoms with van der Waals surface area (Å²) < 4.78 is 24.4. The summed E-state index contributed by atoms with van der Waals surface area (Å²) >= 11 is 1.52. The zero-order chi connectivity index (χ0) is 13.9. The Bertz CT molecular complexity index is 504. The average Bonchev–Trinajstić information content (AvgIpc) is 2.44. The minimum absolute atomic E-state index is 0.199. The van der Waals surface area contributed by atoms with Crippen LogP contribution in [0.15, 0.2) is 5.16 Å². The first-order valence-electron chi connectivity index (χ1n) is 6.05. The van der Waals surface area contributed by atoms with E-state index in [1.165, 1.54) is 23.7 Å². The van der Waals surface area contributed by atoms with E-state index in [2.05, 4.69) is 30.3 Å². The molecule has 104 valence electrons. The highest BCUT2D eigenvalue weighted by Gasteiger charge is 2.13. The van der Waals surface area contributed by atoms with Crippen molar-refractivity contribution in [1.82, 2.24) is 9.55 Å². The van der Waals surface area contributed by atoms with Gasteiger partial charge in [0.2, 0.25) is 0 Å². The lowest BCUT2D eigenvalue weighted by Crippen LogP contribution is -2.09. The second-order valence-corrected chi connectivity index (χ2v) is 8.37. The zero-order valence-corrected chi connectivity index (χ0v) is 13.4. The lowest BCUT2D eigenvalue weighted by Gasteiger charge is -2.12. The smallest absolute Gasteiger partial charge is 0.168 e. The highest BCUT2D eigenvalue weighted by molar-refractivity contribution is 8.00. The van der Waals surface area contributed by atoms with Crippen LogP contribution in [-0.4, -0.2) is 35.7 Å². The van der Waals surface area contributed by atoms with E-state index in [0.717, 1.165) is 17.4 Å². The van der Waals surface area contributed by atoms with E-state index < -0.39 is 9.84 Å². The molecule has 1 aromatic rings. The second-order valence-electron chi connectivity index (χ2n) is 5.05. The molecule has 0 aliphatic heterocycles. The average molecular weight is 290 g/mol. The summed E-state index contributed by atoms with van der Waals surface area (Å²) in [5.74, 6) is 1.31. The number of nitrogens with zero attached hydrogens (tertiary/aromatic N) is 2. The van der Waals surface area contributed by atoms with Gasteiger partial charge < -0.3 is 4.57 Å². The molecule has 1 heterocycles. The molecular weight excluding hydrogens is 268 g/mol. The maximum Gasteiger partial charge on any atom is 0.168 e. The first kappa shape index (κ1) is 15.6. The molecule has 0 radical (unpaired) electrons. The normalized spacial score (nSPS) is 12.3. The Hall–Kier alpha value is -0.490. The van der Waals surface area contributed by atoms with Gasteiger partial charge in [0.15, 0.2) is 5.16 Å². The van der Waals surface area contributed by atoms with Gasteiger partial charge in [0.05, 0.1) is 11.4 Å². The van der Waals surface area contributed by atoms with Gasteiger partial charge in [-0.2, -0.15) is 0 Å². The fourth-order valence-electron chi connectivity index (χ4n) is 1.60. The van der Waals surface area contributed by atoms with E-state index in [1.807, 2.05) is 6.92 Å². The number of aryl methyl sites for hydroxylation is 1. The van der Waals surface area contributed by atoms with Crippen molar-refractivity contribution in [1.29, 1.82) is 0 Å². The summed E-state index contributed by atoms with van der Waals surface area (Å²) in [7, 11) is -2.89. The van der Waals surface area contributed by atoms with Crippen LogP contribution in [0.25, 0.3) is 0 Å². The molecule has 4 nitrogen and oxygen atoms in total. The van der Waals surface area contributed by atoms with E-state index in [0.29, 0.717) is 11.7 Å². The third-order valence-electron chi connectivity index (χ3n) is 2.66. The lowest BCUT2D eigenvalue weighted by atomic mass is 10.2. The van der Waals surface area contributed by atoms with Crippen molar-refractivity contribution in [2.24, 2.45) is 5.92 Å². The molecule has 6 heteroatoms. The van der Waals surface area contributed by atoms with Gasteiger partial charge in [-0.25, -0.2) is 13.4 Å². The summed E-state index contributed by atoms with van der Waals surface area (Å²) in [6.45, 7) is 9.31. The number of hydrogen-bond donors (Lipinski definition) is 0. The van der Waals surface area contributed by atoms with Crippen LogP contribution in [0.2, 0.25) is 0 Å².